The maximum atomic E-state index is 13.6. The quantitative estimate of drug-likeness (QED) is 0.412. The van der Waals surface area contributed by atoms with Gasteiger partial charge in [-0.15, -0.1) is 0 Å². The van der Waals surface area contributed by atoms with E-state index in [9.17, 15) is 9.59 Å². The number of carbonyl (C=O) groups is 1. The topological polar surface area (TPSA) is 67.8 Å². The molecule has 33 heavy (non-hydrogen) atoms. The molecule has 0 saturated heterocycles. The number of nitrogens with zero attached hydrogens (tertiary/aromatic N) is 3. The van der Waals surface area contributed by atoms with Gasteiger partial charge < -0.3 is 9.32 Å². The molecule has 3 aromatic rings. The number of likely N-dealkylation sites (N-methyl/N-ethyl adjacent to an activating group) is 1. The van der Waals surface area contributed by atoms with E-state index in [1.54, 1.807) is 33.7 Å². The van der Waals surface area contributed by atoms with Crippen molar-refractivity contribution in [2.45, 2.75) is 26.8 Å². The zero-order valence-electron chi connectivity index (χ0n) is 18.1. The third-order valence-electron chi connectivity index (χ3n) is 5.43. The lowest BCUT2D eigenvalue weighted by atomic mass is 9.94. The van der Waals surface area contributed by atoms with Gasteiger partial charge in [-0.05, 0) is 76.4 Å². The standard InChI is InChI=1S/C23H20Br2ClN3O3S/c1-4-28(5-2)22(31)18-12(3)27-23-29(19(18)13-6-8-14(26)9-7-13)21(30)17(33-23)11-15-10-16(24)20(25)32-15/h6-11,19H,4-5H2,1-3H3/b17-11+/t19-/m0/s1. The molecule has 0 bridgehead atoms. The number of halogens is 3. The molecule has 1 aromatic carbocycles. The number of fused-ring (bicyclic) bond motifs is 1. The van der Waals surface area contributed by atoms with E-state index in [1.165, 1.54) is 11.3 Å². The first-order chi connectivity index (χ1) is 15.7. The largest absolute Gasteiger partial charge is 0.449 e. The summed E-state index contributed by atoms with van der Waals surface area (Å²) in [7, 11) is 0. The van der Waals surface area contributed by atoms with Gasteiger partial charge >= 0.3 is 0 Å². The Balaban J connectivity index is 1.96. The Morgan fingerprint density at radius 2 is 1.94 bits per heavy atom. The fraction of sp³-hybridized carbons (Fsp3) is 0.261. The lowest BCUT2D eigenvalue weighted by Crippen LogP contribution is -2.43. The highest BCUT2D eigenvalue weighted by atomic mass is 79.9. The number of allylic oxidation sites excluding steroid dienone is 1. The molecule has 172 valence electrons. The summed E-state index contributed by atoms with van der Waals surface area (Å²) in [6.07, 6.45) is 1.68. The Kier molecular flexibility index (Phi) is 7.14. The summed E-state index contributed by atoms with van der Waals surface area (Å²) in [6.45, 7) is 6.81. The minimum absolute atomic E-state index is 0.130. The number of rotatable bonds is 5. The van der Waals surface area contributed by atoms with E-state index in [0.29, 0.717) is 49.1 Å². The van der Waals surface area contributed by atoms with Crippen LogP contribution in [0, 0.1) is 0 Å². The van der Waals surface area contributed by atoms with Crippen LogP contribution in [0.15, 0.2) is 64.9 Å². The minimum Gasteiger partial charge on any atom is -0.449 e. The molecule has 10 heteroatoms. The van der Waals surface area contributed by atoms with Gasteiger partial charge in [-0.25, -0.2) is 4.99 Å². The molecular weight excluding hydrogens is 594 g/mol. The summed E-state index contributed by atoms with van der Waals surface area (Å²) in [5, 5.41) is 0.581. The normalized spacial score (nSPS) is 16.1. The SMILES string of the molecule is CCN(CC)C(=O)C1=C(C)N=c2s/c(=C/c3cc(Br)c(Br)o3)c(=O)n2[C@H]1c1ccc(Cl)cc1. The highest BCUT2D eigenvalue weighted by Crippen LogP contribution is 2.32. The van der Waals surface area contributed by atoms with Gasteiger partial charge in [0.15, 0.2) is 9.47 Å². The number of carbonyl (C=O) groups excluding carboxylic acids is 1. The molecule has 1 amide bonds. The lowest BCUT2D eigenvalue weighted by molar-refractivity contribution is -0.127. The number of aromatic nitrogens is 1. The van der Waals surface area contributed by atoms with E-state index in [-0.39, 0.29) is 11.5 Å². The molecule has 6 nitrogen and oxygen atoms in total. The third kappa shape index (κ3) is 4.56. The van der Waals surface area contributed by atoms with Crippen LogP contribution in [0.25, 0.3) is 6.08 Å². The van der Waals surface area contributed by atoms with Crippen molar-refractivity contribution in [3.63, 3.8) is 0 Å². The fourth-order valence-electron chi connectivity index (χ4n) is 3.80. The number of hydrogen-bond donors (Lipinski definition) is 0. The van der Waals surface area contributed by atoms with Crippen molar-refractivity contribution in [2.24, 2.45) is 4.99 Å². The van der Waals surface area contributed by atoms with Gasteiger partial charge in [-0.3, -0.25) is 14.2 Å². The van der Waals surface area contributed by atoms with Gasteiger partial charge in [-0.1, -0.05) is 35.1 Å². The van der Waals surface area contributed by atoms with Crippen LogP contribution in [0.1, 0.15) is 38.1 Å². The van der Waals surface area contributed by atoms with Gasteiger partial charge in [0.05, 0.1) is 26.3 Å². The van der Waals surface area contributed by atoms with Gasteiger partial charge in [0.2, 0.25) is 0 Å². The molecule has 3 heterocycles. The minimum atomic E-state index is -0.608. The van der Waals surface area contributed by atoms with Gasteiger partial charge in [0.25, 0.3) is 11.5 Å². The molecule has 0 aliphatic carbocycles. The van der Waals surface area contributed by atoms with Gasteiger partial charge in [0, 0.05) is 24.2 Å². The monoisotopic (exact) mass is 611 g/mol. The molecule has 0 fully saturated rings. The molecule has 0 spiro atoms. The highest BCUT2D eigenvalue weighted by Gasteiger charge is 2.34. The molecule has 1 aliphatic heterocycles. The van der Waals surface area contributed by atoms with Crippen LogP contribution in [0.4, 0.5) is 0 Å². The summed E-state index contributed by atoms with van der Waals surface area (Å²) >= 11 is 14.1. The molecule has 0 radical (unpaired) electrons. The van der Waals surface area contributed by atoms with Gasteiger partial charge in [0.1, 0.15) is 5.76 Å². The van der Waals surface area contributed by atoms with Crippen LogP contribution in [-0.4, -0.2) is 28.5 Å². The van der Waals surface area contributed by atoms with Crippen molar-refractivity contribution in [1.82, 2.24) is 9.47 Å². The first-order valence-electron chi connectivity index (χ1n) is 10.3. The van der Waals surface area contributed by atoms with Crippen LogP contribution < -0.4 is 14.9 Å². The second kappa shape index (κ2) is 9.74. The predicted octanol–water partition coefficient (Wildman–Crippen LogP) is 4.88. The molecule has 2 aromatic heterocycles. The van der Waals surface area contributed by atoms with Crippen molar-refractivity contribution in [1.29, 1.82) is 0 Å². The average Bonchev–Trinajstić information content (AvgIpc) is 3.26. The summed E-state index contributed by atoms with van der Waals surface area (Å²) in [5.74, 6) is 0.395. The smallest absolute Gasteiger partial charge is 0.271 e. The molecule has 0 N–H and O–H groups in total. The Hall–Kier alpha value is -1.94. The van der Waals surface area contributed by atoms with Crippen molar-refractivity contribution in [3.05, 3.63) is 86.8 Å². The van der Waals surface area contributed by atoms with E-state index in [4.69, 9.17) is 16.0 Å². The third-order valence-corrected chi connectivity index (χ3v) is 8.37. The Morgan fingerprint density at radius 3 is 2.52 bits per heavy atom. The van der Waals surface area contributed by atoms with E-state index in [2.05, 4.69) is 36.9 Å². The number of furan rings is 1. The van der Waals surface area contributed by atoms with Crippen LogP contribution in [-0.2, 0) is 4.79 Å². The van der Waals surface area contributed by atoms with Gasteiger partial charge in [-0.2, -0.15) is 0 Å². The van der Waals surface area contributed by atoms with Crippen molar-refractivity contribution in [3.8, 4) is 0 Å². The van der Waals surface area contributed by atoms with E-state index in [1.807, 2.05) is 32.9 Å². The lowest BCUT2D eigenvalue weighted by Gasteiger charge is -2.29. The number of benzene rings is 1. The molecular formula is C23H20Br2ClN3O3S. The second-order valence-corrected chi connectivity index (χ2v) is 10.4. The number of thiazole rings is 1. The maximum absolute atomic E-state index is 13.6. The molecule has 0 unspecified atom stereocenters. The number of amides is 1. The van der Waals surface area contributed by atoms with E-state index < -0.39 is 6.04 Å². The summed E-state index contributed by atoms with van der Waals surface area (Å²) in [5.41, 5.74) is 1.65. The zero-order valence-corrected chi connectivity index (χ0v) is 22.8. The molecule has 1 atom stereocenters. The Bertz CT molecular complexity index is 1410. The average molecular weight is 614 g/mol. The predicted molar refractivity (Wildman–Crippen MR) is 137 cm³/mol. The fourth-order valence-corrected chi connectivity index (χ4v) is 5.56. The van der Waals surface area contributed by atoms with Crippen LogP contribution in [0.2, 0.25) is 5.02 Å². The zero-order chi connectivity index (χ0) is 23.9. The van der Waals surface area contributed by atoms with Crippen molar-refractivity contribution >= 4 is 66.8 Å². The first-order valence-corrected chi connectivity index (χ1v) is 13.0. The second-order valence-electron chi connectivity index (χ2n) is 7.38. The molecule has 0 saturated carbocycles. The van der Waals surface area contributed by atoms with Crippen molar-refractivity contribution in [2.75, 3.05) is 13.1 Å². The summed E-state index contributed by atoms with van der Waals surface area (Å²) < 4.78 is 8.98. The first kappa shape index (κ1) is 24.2. The Morgan fingerprint density at radius 1 is 1.27 bits per heavy atom. The highest BCUT2D eigenvalue weighted by molar-refractivity contribution is 9.13. The maximum Gasteiger partial charge on any atom is 0.271 e. The van der Waals surface area contributed by atoms with Crippen LogP contribution >= 0.6 is 54.8 Å². The van der Waals surface area contributed by atoms with E-state index in [0.717, 1.165) is 10.0 Å². The van der Waals surface area contributed by atoms with Crippen LogP contribution in [0.3, 0.4) is 0 Å². The van der Waals surface area contributed by atoms with Crippen molar-refractivity contribution < 1.29 is 9.21 Å². The molecule has 1 aliphatic rings. The number of hydrogen-bond acceptors (Lipinski definition) is 5. The summed E-state index contributed by atoms with van der Waals surface area (Å²) in [4.78, 5) is 34.0. The van der Waals surface area contributed by atoms with Crippen LogP contribution in [0.5, 0.6) is 0 Å². The van der Waals surface area contributed by atoms with E-state index >= 15 is 0 Å². The Labute approximate surface area is 216 Å². The molecule has 4 rings (SSSR count). The summed E-state index contributed by atoms with van der Waals surface area (Å²) in [6, 6.07) is 8.39.